The van der Waals surface area contributed by atoms with Crippen LogP contribution >= 0.6 is 0 Å². The Kier molecular flexibility index (Phi) is 18.0. The molecular formula is C27H57N5O5. The Bertz CT molecular complexity index is 563. The van der Waals surface area contributed by atoms with Crippen molar-refractivity contribution in [3.8, 4) is 0 Å². The maximum absolute atomic E-state index is 10.2. The molecule has 37 heavy (non-hydrogen) atoms. The smallest absolute Gasteiger partial charge is 0.0701 e. The molecule has 0 aromatic rings. The summed E-state index contributed by atoms with van der Waals surface area (Å²) in [5.41, 5.74) is 0. The van der Waals surface area contributed by atoms with Crippen molar-refractivity contribution >= 4 is 0 Å². The molecule has 0 aliphatic carbocycles. The molecule has 0 aromatic carbocycles. The van der Waals surface area contributed by atoms with Crippen molar-refractivity contribution < 1.29 is 25.5 Å². The first kappa shape index (κ1) is 34.4. The zero-order valence-corrected chi connectivity index (χ0v) is 24.0. The predicted molar refractivity (Wildman–Crippen MR) is 150 cm³/mol. The normalized spacial score (nSPS) is 19.9. The second-order valence-electron chi connectivity index (χ2n) is 11.1. The van der Waals surface area contributed by atoms with Crippen LogP contribution in [0.3, 0.4) is 0 Å². The van der Waals surface area contributed by atoms with Gasteiger partial charge in [-0.2, -0.15) is 0 Å². The second-order valence-corrected chi connectivity index (χ2v) is 11.1. The summed E-state index contributed by atoms with van der Waals surface area (Å²) in [7, 11) is 0. The maximum atomic E-state index is 10.2. The van der Waals surface area contributed by atoms with E-state index < -0.39 is 30.5 Å². The molecule has 1 fully saturated rings. The van der Waals surface area contributed by atoms with Gasteiger partial charge in [0.05, 0.1) is 30.5 Å². The minimum absolute atomic E-state index is 0.406. The van der Waals surface area contributed by atoms with Crippen molar-refractivity contribution in [2.24, 2.45) is 0 Å². The van der Waals surface area contributed by atoms with E-state index in [0.717, 1.165) is 65.4 Å². The van der Waals surface area contributed by atoms with Gasteiger partial charge in [0.25, 0.3) is 0 Å². The Hall–Kier alpha value is -0.660. The van der Waals surface area contributed by atoms with Crippen LogP contribution in [-0.2, 0) is 0 Å². The van der Waals surface area contributed by atoms with E-state index in [1.54, 1.807) is 26.8 Å². The van der Waals surface area contributed by atoms with Gasteiger partial charge < -0.3 is 25.5 Å². The zero-order chi connectivity index (χ0) is 27.8. The van der Waals surface area contributed by atoms with Gasteiger partial charge in [0, 0.05) is 98.2 Å². The number of hydrogen-bond donors (Lipinski definition) is 5. The Morgan fingerprint density at radius 1 is 0.595 bits per heavy atom. The van der Waals surface area contributed by atoms with Gasteiger partial charge in [-0.3, -0.25) is 24.5 Å². The van der Waals surface area contributed by atoms with Crippen LogP contribution in [0, 0.1) is 0 Å². The highest BCUT2D eigenvalue weighted by molar-refractivity contribution is 4.78. The van der Waals surface area contributed by atoms with Crippen LogP contribution in [0.2, 0.25) is 0 Å². The number of piperazine rings is 1. The van der Waals surface area contributed by atoms with Crippen molar-refractivity contribution in [3.05, 3.63) is 12.7 Å². The van der Waals surface area contributed by atoms with E-state index in [9.17, 15) is 25.5 Å². The third-order valence-corrected chi connectivity index (χ3v) is 6.66. The first-order valence-electron chi connectivity index (χ1n) is 14.1. The minimum atomic E-state index is -0.496. The highest BCUT2D eigenvalue weighted by Gasteiger charge is 2.20. The van der Waals surface area contributed by atoms with Gasteiger partial charge in [-0.15, -0.1) is 6.58 Å². The lowest BCUT2D eigenvalue weighted by Gasteiger charge is -2.37. The third-order valence-electron chi connectivity index (χ3n) is 6.66. The van der Waals surface area contributed by atoms with Crippen molar-refractivity contribution in [2.45, 2.75) is 64.6 Å². The minimum Gasteiger partial charge on any atom is -0.392 e. The zero-order valence-electron chi connectivity index (χ0n) is 24.0. The van der Waals surface area contributed by atoms with E-state index in [-0.39, 0.29) is 0 Å². The lowest BCUT2D eigenvalue weighted by Crippen LogP contribution is -2.51. The largest absolute Gasteiger partial charge is 0.392 e. The highest BCUT2D eigenvalue weighted by Crippen LogP contribution is 2.06. The summed E-state index contributed by atoms with van der Waals surface area (Å²) in [4.78, 5) is 11.4. The van der Waals surface area contributed by atoms with Crippen molar-refractivity contribution in [2.75, 3.05) is 98.2 Å². The lowest BCUT2D eigenvalue weighted by atomic mass is 10.2. The fourth-order valence-corrected chi connectivity index (χ4v) is 4.95. The number of aliphatic hydroxyl groups is 5. The molecule has 5 N–H and O–H groups in total. The van der Waals surface area contributed by atoms with Crippen molar-refractivity contribution in [1.82, 2.24) is 24.5 Å². The Morgan fingerprint density at radius 3 is 1.35 bits per heavy atom. The van der Waals surface area contributed by atoms with Gasteiger partial charge in [0.15, 0.2) is 0 Å². The van der Waals surface area contributed by atoms with E-state index in [1.165, 1.54) is 0 Å². The van der Waals surface area contributed by atoms with Crippen molar-refractivity contribution in [3.63, 3.8) is 0 Å². The second kappa shape index (κ2) is 19.4. The summed E-state index contributed by atoms with van der Waals surface area (Å²) in [6, 6.07) is 0. The molecular weight excluding hydrogens is 474 g/mol. The first-order chi connectivity index (χ1) is 17.5. The molecule has 10 nitrogen and oxygen atoms in total. The van der Waals surface area contributed by atoms with E-state index in [2.05, 4.69) is 31.1 Å². The van der Waals surface area contributed by atoms with Gasteiger partial charge in [-0.05, 0) is 34.1 Å². The molecule has 5 unspecified atom stereocenters. The summed E-state index contributed by atoms with van der Waals surface area (Å²) in [6.45, 7) is 22.6. The Balaban J connectivity index is 2.48. The van der Waals surface area contributed by atoms with Crippen LogP contribution in [0.4, 0.5) is 0 Å². The summed E-state index contributed by atoms with van der Waals surface area (Å²) in [5, 5.41) is 49.6. The van der Waals surface area contributed by atoms with Gasteiger partial charge in [0.1, 0.15) is 0 Å². The molecule has 10 heteroatoms. The quantitative estimate of drug-likeness (QED) is 0.118. The predicted octanol–water partition coefficient (Wildman–Crippen LogP) is -1.03. The molecule has 0 spiro atoms. The monoisotopic (exact) mass is 531 g/mol. The molecule has 0 bridgehead atoms. The van der Waals surface area contributed by atoms with E-state index >= 15 is 0 Å². The molecule has 0 aromatic heterocycles. The Labute approximate surface area is 225 Å². The third kappa shape index (κ3) is 17.5. The van der Waals surface area contributed by atoms with Crippen LogP contribution in [-0.4, -0.2) is 179 Å². The SMILES string of the molecule is C=CCC(O)CN(CCN(CCN1CCN(CCN(CC(C)O)CC(C)O)CC1)CC(C)O)CC(C)O. The van der Waals surface area contributed by atoms with Gasteiger partial charge in [0.2, 0.25) is 0 Å². The lowest BCUT2D eigenvalue weighted by molar-refractivity contribution is 0.0555. The van der Waals surface area contributed by atoms with Crippen LogP contribution in [0.25, 0.3) is 0 Å². The summed E-state index contributed by atoms with van der Waals surface area (Å²) in [6.07, 6.45) is 0.0465. The van der Waals surface area contributed by atoms with Crippen LogP contribution in [0.15, 0.2) is 12.7 Å². The number of hydrogen-bond acceptors (Lipinski definition) is 10. The van der Waals surface area contributed by atoms with Crippen molar-refractivity contribution in [1.29, 1.82) is 0 Å². The summed E-state index contributed by atoms with van der Waals surface area (Å²) in [5.74, 6) is 0. The van der Waals surface area contributed by atoms with Gasteiger partial charge >= 0.3 is 0 Å². The van der Waals surface area contributed by atoms with Crippen LogP contribution in [0.5, 0.6) is 0 Å². The molecule has 1 saturated heterocycles. The van der Waals surface area contributed by atoms with E-state index in [4.69, 9.17) is 0 Å². The molecule has 1 rings (SSSR count). The van der Waals surface area contributed by atoms with E-state index in [1.807, 2.05) is 6.92 Å². The molecule has 1 aliphatic rings. The fourth-order valence-electron chi connectivity index (χ4n) is 4.95. The molecule has 0 radical (unpaired) electrons. The molecule has 5 atom stereocenters. The maximum Gasteiger partial charge on any atom is 0.0701 e. The average molecular weight is 532 g/mol. The molecule has 1 heterocycles. The molecule has 0 saturated carbocycles. The number of nitrogens with zero attached hydrogens (tertiary/aromatic N) is 5. The van der Waals surface area contributed by atoms with Gasteiger partial charge in [-0.25, -0.2) is 0 Å². The van der Waals surface area contributed by atoms with Crippen LogP contribution < -0.4 is 0 Å². The number of rotatable bonds is 21. The fraction of sp³-hybridized carbons (Fsp3) is 0.926. The van der Waals surface area contributed by atoms with Crippen LogP contribution in [0.1, 0.15) is 34.1 Å². The van der Waals surface area contributed by atoms with E-state index in [0.29, 0.717) is 39.1 Å². The Morgan fingerprint density at radius 2 is 0.946 bits per heavy atom. The topological polar surface area (TPSA) is 117 Å². The van der Waals surface area contributed by atoms with Gasteiger partial charge in [-0.1, -0.05) is 6.08 Å². The molecule has 0 amide bonds. The molecule has 1 aliphatic heterocycles. The summed E-state index contributed by atoms with van der Waals surface area (Å²) < 4.78 is 0. The standard InChI is InChI=1S/C27H57N5O5/c1-6-7-27(37)22-32(21-26(5)36)17-15-30(18-23(2)33)14-12-28-8-10-29(11-9-28)13-16-31(19-24(3)34)20-25(4)35/h6,23-27,33-37H,1,7-22H2,2-5H3. The highest BCUT2D eigenvalue weighted by atomic mass is 16.3. The average Bonchev–Trinajstić information content (AvgIpc) is 2.78. The first-order valence-corrected chi connectivity index (χ1v) is 14.1. The molecule has 220 valence electrons. The summed E-state index contributed by atoms with van der Waals surface area (Å²) >= 11 is 0. The number of aliphatic hydroxyl groups excluding tert-OH is 5.